The molecule has 7 heteroatoms. The summed E-state index contributed by atoms with van der Waals surface area (Å²) in [6.07, 6.45) is 1.93. The van der Waals surface area contributed by atoms with E-state index in [9.17, 15) is 14.7 Å². The number of carbonyl (C=O) groups excluding carboxylic acids is 1. The number of benzene rings is 1. The topological polar surface area (TPSA) is 92.4 Å². The van der Waals surface area contributed by atoms with E-state index in [1.807, 2.05) is 25.1 Å². The fraction of sp³-hybridized carbons (Fsp3) is 0.261. The number of carbonyl (C=O) groups is 2. The van der Waals surface area contributed by atoms with E-state index >= 15 is 0 Å². The molecule has 0 saturated heterocycles. The number of hydrogen-bond donors (Lipinski definition) is 2. The van der Waals surface area contributed by atoms with Crippen molar-refractivity contribution in [3.8, 4) is 10.4 Å². The van der Waals surface area contributed by atoms with E-state index in [1.54, 1.807) is 25.1 Å². The maximum Gasteiger partial charge on any atom is 0.346 e. The van der Waals surface area contributed by atoms with E-state index in [2.05, 4.69) is 30.9 Å². The zero-order valence-corrected chi connectivity index (χ0v) is 18.4. The molecule has 2 N–H and O–H groups in total. The molecule has 30 heavy (non-hydrogen) atoms. The number of thiophene rings is 1. The van der Waals surface area contributed by atoms with Crippen LogP contribution in [0.2, 0.25) is 0 Å². The summed E-state index contributed by atoms with van der Waals surface area (Å²) in [6, 6.07) is 10.6. The van der Waals surface area contributed by atoms with Crippen molar-refractivity contribution in [2.45, 2.75) is 40.5 Å². The minimum absolute atomic E-state index is 0.212. The number of hydrogen-bond acceptors (Lipinski definition) is 5. The number of carboxylic acid groups (broad SMARTS) is 1. The molecular weight excluding hydrogens is 400 g/mol. The molecular formula is C23H26N2O4S. The molecule has 3 rings (SSSR count). The third-order valence-electron chi connectivity index (χ3n) is 4.02. The maximum absolute atomic E-state index is 12.1. The molecule has 0 bridgehead atoms. The highest BCUT2D eigenvalue weighted by Crippen LogP contribution is 2.36. The van der Waals surface area contributed by atoms with E-state index < -0.39 is 5.97 Å². The number of aromatic carboxylic acids is 1. The average molecular weight is 427 g/mol. The second kappa shape index (κ2) is 10.5. The zero-order valence-electron chi connectivity index (χ0n) is 17.6. The molecule has 0 aliphatic rings. The molecule has 3 aromatic rings. The predicted molar refractivity (Wildman–Crippen MR) is 121 cm³/mol. The van der Waals surface area contributed by atoms with Gasteiger partial charge in [-0.25, -0.2) is 4.79 Å². The average Bonchev–Trinajstić information content (AvgIpc) is 3.35. The third-order valence-corrected chi connectivity index (χ3v) is 5.19. The lowest BCUT2D eigenvalue weighted by Crippen LogP contribution is -2.11. The highest BCUT2D eigenvalue weighted by atomic mass is 32.1. The summed E-state index contributed by atoms with van der Waals surface area (Å²) in [4.78, 5) is 24.7. The summed E-state index contributed by atoms with van der Waals surface area (Å²) < 4.78 is 4.90. The van der Waals surface area contributed by atoms with Gasteiger partial charge in [0, 0.05) is 22.2 Å². The Morgan fingerprint density at radius 1 is 1.17 bits per heavy atom. The van der Waals surface area contributed by atoms with Crippen LogP contribution in [0.15, 0.2) is 47.5 Å². The first-order valence-electron chi connectivity index (χ1n) is 9.70. The Kier molecular flexibility index (Phi) is 8.12. The van der Waals surface area contributed by atoms with E-state index in [1.165, 1.54) is 17.8 Å². The van der Waals surface area contributed by atoms with E-state index in [-0.39, 0.29) is 16.5 Å². The summed E-state index contributed by atoms with van der Waals surface area (Å²) >= 11 is 1.21. The second-order valence-electron chi connectivity index (χ2n) is 6.68. The van der Waals surface area contributed by atoms with Crippen LogP contribution in [-0.4, -0.2) is 22.1 Å². The predicted octanol–water partition coefficient (Wildman–Crippen LogP) is 6.50. The summed E-state index contributed by atoms with van der Waals surface area (Å²) in [7, 11) is 0. The summed E-state index contributed by atoms with van der Waals surface area (Å²) in [5.74, 6) is -0.750. The number of nitrogens with zero attached hydrogens (tertiary/aromatic N) is 1. The Morgan fingerprint density at radius 2 is 1.80 bits per heavy atom. The number of aromatic nitrogens is 1. The number of amides is 1. The van der Waals surface area contributed by atoms with Crippen LogP contribution in [-0.2, 0) is 0 Å². The molecule has 0 spiro atoms. The zero-order chi connectivity index (χ0) is 22.3. The summed E-state index contributed by atoms with van der Waals surface area (Å²) in [5, 5.41) is 15.9. The molecule has 0 fully saturated rings. The van der Waals surface area contributed by atoms with Gasteiger partial charge in [0.25, 0.3) is 5.91 Å². The lowest BCUT2D eigenvalue weighted by Gasteiger charge is -2.04. The first-order valence-corrected chi connectivity index (χ1v) is 10.5. The Labute approximate surface area is 180 Å². The van der Waals surface area contributed by atoms with Crippen molar-refractivity contribution < 1.29 is 19.2 Å². The van der Waals surface area contributed by atoms with Gasteiger partial charge in [-0.05, 0) is 42.7 Å². The number of carboxylic acids is 1. The maximum atomic E-state index is 12.1. The van der Waals surface area contributed by atoms with Crippen LogP contribution in [0.5, 0.6) is 0 Å². The first kappa shape index (κ1) is 23.1. The van der Waals surface area contributed by atoms with Crippen molar-refractivity contribution in [3.63, 3.8) is 0 Å². The number of rotatable bonds is 6. The molecule has 1 aromatic carbocycles. The SMILES string of the molecule is C=C(CC)c1cc(-c2ccc(NC(=O)c3cc(C)on3)cc2)sc1C(=O)O.CCC. The van der Waals surface area contributed by atoms with Gasteiger partial charge in [-0.2, -0.15) is 0 Å². The standard InChI is InChI=1S/C20H18N2O4S.C3H8/c1-4-11(2)15-10-17(27-18(15)20(24)25)13-5-7-14(8-6-13)21-19(23)16-9-12(3)26-22-16;1-3-2/h5-10H,2,4H2,1,3H3,(H,21,23)(H,24,25);3H2,1-2H3. The van der Waals surface area contributed by atoms with Gasteiger partial charge >= 0.3 is 5.97 Å². The highest BCUT2D eigenvalue weighted by molar-refractivity contribution is 7.17. The quantitative estimate of drug-likeness (QED) is 0.469. The molecule has 0 unspecified atom stereocenters. The number of nitrogens with one attached hydrogen (secondary N) is 1. The normalized spacial score (nSPS) is 10.1. The molecule has 0 atom stereocenters. The lowest BCUT2D eigenvalue weighted by atomic mass is 10.0. The van der Waals surface area contributed by atoms with Crippen LogP contribution in [0.25, 0.3) is 16.0 Å². The fourth-order valence-electron chi connectivity index (χ4n) is 2.53. The Hall–Kier alpha value is -3.19. The van der Waals surface area contributed by atoms with Crippen molar-refractivity contribution in [2.75, 3.05) is 5.32 Å². The van der Waals surface area contributed by atoms with Gasteiger partial charge in [0.15, 0.2) is 5.69 Å². The molecule has 6 nitrogen and oxygen atoms in total. The molecule has 0 saturated carbocycles. The van der Waals surface area contributed by atoms with Crippen molar-refractivity contribution >= 4 is 34.5 Å². The van der Waals surface area contributed by atoms with Crippen LogP contribution in [0, 0.1) is 6.92 Å². The lowest BCUT2D eigenvalue weighted by molar-refractivity contribution is 0.0701. The van der Waals surface area contributed by atoms with Gasteiger partial charge in [-0.1, -0.05) is 51.1 Å². The minimum Gasteiger partial charge on any atom is -0.477 e. The Morgan fingerprint density at radius 3 is 2.30 bits per heavy atom. The van der Waals surface area contributed by atoms with Crippen LogP contribution in [0.3, 0.4) is 0 Å². The first-order chi connectivity index (χ1) is 14.3. The second-order valence-corrected chi connectivity index (χ2v) is 7.73. The minimum atomic E-state index is -0.956. The molecule has 2 heterocycles. The fourth-order valence-corrected chi connectivity index (χ4v) is 3.58. The van der Waals surface area contributed by atoms with Crippen molar-refractivity contribution in [1.82, 2.24) is 5.16 Å². The molecule has 0 radical (unpaired) electrons. The Bertz CT molecular complexity index is 1030. The van der Waals surface area contributed by atoms with E-state index in [4.69, 9.17) is 4.52 Å². The van der Waals surface area contributed by atoms with Gasteiger partial charge in [-0.15, -0.1) is 11.3 Å². The monoisotopic (exact) mass is 426 g/mol. The third kappa shape index (κ3) is 5.67. The number of allylic oxidation sites excluding steroid dienone is 1. The van der Waals surface area contributed by atoms with E-state index in [0.717, 1.165) is 16.0 Å². The van der Waals surface area contributed by atoms with Gasteiger partial charge in [0.1, 0.15) is 10.6 Å². The summed E-state index contributed by atoms with van der Waals surface area (Å²) in [5.41, 5.74) is 3.15. The van der Waals surface area contributed by atoms with Crippen LogP contribution < -0.4 is 5.32 Å². The van der Waals surface area contributed by atoms with Gasteiger partial charge < -0.3 is 14.9 Å². The molecule has 1 amide bonds. The van der Waals surface area contributed by atoms with Crippen LogP contribution >= 0.6 is 11.3 Å². The highest BCUT2D eigenvalue weighted by Gasteiger charge is 2.18. The van der Waals surface area contributed by atoms with Gasteiger partial charge in [0.2, 0.25) is 0 Å². The smallest absolute Gasteiger partial charge is 0.346 e. The van der Waals surface area contributed by atoms with Gasteiger partial charge in [0.05, 0.1) is 0 Å². The molecule has 158 valence electrons. The largest absolute Gasteiger partial charge is 0.477 e. The summed E-state index contributed by atoms with van der Waals surface area (Å²) in [6.45, 7) is 11.9. The Balaban J connectivity index is 0.00000101. The van der Waals surface area contributed by atoms with Crippen molar-refractivity contribution in [1.29, 1.82) is 0 Å². The van der Waals surface area contributed by atoms with Crippen LogP contribution in [0.1, 0.15) is 65.1 Å². The number of aryl methyl sites for hydroxylation is 1. The molecule has 0 aliphatic carbocycles. The van der Waals surface area contributed by atoms with Gasteiger partial charge in [-0.3, -0.25) is 4.79 Å². The number of anilines is 1. The van der Waals surface area contributed by atoms with Crippen molar-refractivity contribution in [2.24, 2.45) is 0 Å². The molecule has 0 aliphatic heterocycles. The van der Waals surface area contributed by atoms with Crippen LogP contribution in [0.4, 0.5) is 5.69 Å². The van der Waals surface area contributed by atoms with Crippen molar-refractivity contribution in [3.05, 3.63) is 64.9 Å². The van der Waals surface area contributed by atoms with E-state index in [0.29, 0.717) is 23.4 Å². The molecule has 2 aromatic heterocycles.